The van der Waals surface area contributed by atoms with Crippen LogP contribution in [0.3, 0.4) is 0 Å². The summed E-state index contributed by atoms with van der Waals surface area (Å²) in [6, 6.07) is 10.2. The first-order valence-electron chi connectivity index (χ1n) is 7.75. The lowest BCUT2D eigenvalue weighted by Gasteiger charge is -2.10. The van der Waals surface area contributed by atoms with Gasteiger partial charge in [0.25, 0.3) is 0 Å². The molecule has 3 aromatic rings. The molecule has 3 rings (SSSR count). The molecule has 0 saturated carbocycles. The van der Waals surface area contributed by atoms with Crippen LogP contribution < -0.4 is 5.32 Å². The van der Waals surface area contributed by atoms with Crippen molar-refractivity contribution in [3.63, 3.8) is 0 Å². The Balaban J connectivity index is 1.65. The highest BCUT2D eigenvalue weighted by molar-refractivity contribution is 6.35. The summed E-state index contributed by atoms with van der Waals surface area (Å²) in [7, 11) is 0. The van der Waals surface area contributed by atoms with Crippen LogP contribution in [0.4, 0.5) is 4.39 Å². The second kappa shape index (κ2) is 7.85. The van der Waals surface area contributed by atoms with Crippen LogP contribution in [0.1, 0.15) is 24.4 Å². The van der Waals surface area contributed by atoms with Crippen molar-refractivity contribution in [1.82, 2.24) is 15.5 Å². The molecule has 0 aliphatic rings. The SMILES string of the molecule is CC(NC(=O)Cc1ccc(Cl)cc1Cl)c1nc(-c2ccc(F)cc2)no1. The van der Waals surface area contributed by atoms with E-state index in [1.165, 1.54) is 12.1 Å². The van der Waals surface area contributed by atoms with E-state index in [-0.39, 0.29) is 24.0 Å². The molecule has 1 N–H and O–H groups in total. The number of carbonyl (C=O) groups is 1. The first-order valence-corrected chi connectivity index (χ1v) is 8.51. The van der Waals surface area contributed by atoms with Crippen LogP contribution in [0.25, 0.3) is 11.4 Å². The van der Waals surface area contributed by atoms with Crippen molar-refractivity contribution in [2.75, 3.05) is 0 Å². The van der Waals surface area contributed by atoms with Gasteiger partial charge in [0.05, 0.1) is 6.42 Å². The van der Waals surface area contributed by atoms with E-state index in [1.54, 1.807) is 37.3 Å². The molecule has 5 nitrogen and oxygen atoms in total. The van der Waals surface area contributed by atoms with Crippen molar-refractivity contribution in [2.24, 2.45) is 0 Å². The minimum atomic E-state index is -0.490. The van der Waals surface area contributed by atoms with Crippen molar-refractivity contribution in [1.29, 1.82) is 0 Å². The molecule has 1 unspecified atom stereocenters. The monoisotopic (exact) mass is 393 g/mol. The van der Waals surface area contributed by atoms with E-state index < -0.39 is 6.04 Å². The van der Waals surface area contributed by atoms with Gasteiger partial charge in [-0.2, -0.15) is 4.98 Å². The molecular formula is C18H14Cl2FN3O2. The van der Waals surface area contributed by atoms with Gasteiger partial charge in [0.1, 0.15) is 11.9 Å². The number of aromatic nitrogens is 2. The fraction of sp³-hybridized carbons (Fsp3) is 0.167. The predicted octanol–water partition coefficient (Wildman–Crippen LogP) is 4.60. The number of amides is 1. The van der Waals surface area contributed by atoms with Gasteiger partial charge in [-0.25, -0.2) is 4.39 Å². The average Bonchev–Trinajstić information content (AvgIpc) is 3.08. The molecular weight excluding hydrogens is 380 g/mol. The molecule has 0 fully saturated rings. The highest BCUT2D eigenvalue weighted by Crippen LogP contribution is 2.22. The van der Waals surface area contributed by atoms with E-state index in [9.17, 15) is 9.18 Å². The van der Waals surface area contributed by atoms with Crippen molar-refractivity contribution >= 4 is 29.1 Å². The summed E-state index contributed by atoms with van der Waals surface area (Å²) < 4.78 is 18.2. The van der Waals surface area contributed by atoms with E-state index in [1.807, 2.05) is 0 Å². The lowest BCUT2D eigenvalue weighted by molar-refractivity contribution is -0.121. The average molecular weight is 394 g/mol. The maximum absolute atomic E-state index is 13.0. The highest BCUT2D eigenvalue weighted by atomic mass is 35.5. The van der Waals surface area contributed by atoms with E-state index in [2.05, 4.69) is 15.5 Å². The zero-order valence-electron chi connectivity index (χ0n) is 13.7. The lowest BCUT2D eigenvalue weighted by atomic mass is 10.1. The summed E-state index contributed by atoms with van der Waals surface area (Å²) in [5.41, 5.74) is 1.28. The first kappa shape index (κ1) is 18.4. The van der Waals surface area contributed by atoms with Gasteiger partial charge in [-0.05, 0) is 48.9 Å². The van der Waals surface area contributed by atoms with E-state index in [0.717, 1.165) is 0 Å². The number of carbonyl (C=O) groups excluding carboxylic acids is 1. The minimum Gasteiger partial charge on any atom is -0.344 e. The van der Waals surface area contributed by atoms with Crippen LogP contribution >= 0.6 is 23.2 Å². The molecule has 1 atom stereocenters. The Morgan fingerprint density at radius 3 is 2.65 bits per heavy atom. The molecule has 0 radical (unpaired) electrons. The molecule has 8 heteroatoms. The second-order valence-electron chi connectivity index (χ2n) is 5.66. The Morgan fingerprint density at radius 2 is 1.96 bits per heavy atom. The first-order chi connectivity index (χ1) is 12.4. The van der Waals surface area contributed by atoms with Crippen molar-refractivity contribution in [3.8, 4) is 11.4 Å². The van der Waals surface area contributed by atoms with Crippen molar-refractivity contribution in [2.45, 2.75) is 19.4 Å². The fourth-order valence-electron chi connectivity index (χ4n) is 2.32. The van der Waals surface area contributed by atoms with Gasteiger partial charge in [-0.15, -0.1) is 0 Å². The number of nitrogens with one attached hydrogen (secondary N) is 1. The van der Waals surface area contributed by atoms with Gasteiger partial charge in [0, 0.05) is 15.6 Å². The number of benzene rings is 2. The third-order valence-electron chi connectivity index (χ3n) is 3.66. The van der Waals surface area contributed by atoms with E-state index >= 15 is 0 Å². The quantitative estimate of drug-likeness (QED) is 0.687. The summed E-state index contributed by atoms with van der Waals surface area (Å²) in [6.07, 6.45) is 0.0965. The van der Waals surface area contributed by atoms with Crippen LogP contribution in [-0.2, 0) is 11.2 Å². The fourth-order valence-corrected chi connectivity index (χ4v) is 2.79. The standard InChI is InChI=1S/C18H14Cl2FN3O2/c1-10(22-16(25)8-12-2-5-13(19)9-15(12)20)18-23-17(24-26-18)11-3-6-14(21)7-4-11/h2-7,9-10H,8H2,1H3,(H,22,25). The molecule has 1 heterocycles. The molecule has 134 valence electrons. The largest absolute Gasteiger partial charge is 0.344 e. The third-order valence-corrected chi connectivity index (χ3v) is 4.25. The lowest BCUT2D eigenvalue weighted by Crippen LogP contribution is -2.28. The highest BCUT2D eigenvalue weighted by Gasteiger charge is 2.18. The Morgan fingerprint density at radius 1 is 1.23 bits per heavy atom. The van der Waals surface area contributed by atoms with Gasteiger partial charge < -0.3 is 9.84 Å². The van der Waals surface area contributed by atoms with Crippen LogP contribution in [-0.4, -0.2) is 16.0 Å². The molecule has 1 aromatic heterocycles. The van der Waals surface area contributed by atoms with Crippen molar-refractivity contribution < 1.29 is 13.7 Å². The third kappa shape index (κ3) is 4.39. The van der Waals surface area contributed by atoms with E-state index in [0.29, 0.717) is 27.0 Å². The Bertz CT molecular complexity index is 928. The van der Waals surface area contributed by atoms with Gasteiger partial charge in [-0.1, -0.05) is 34.4 Å². The number of halogens is 3. The molecule has 1 amide bonds. The molecule has 0 aliphatic carbocycles. The van der Waals surface area contributed by atoms with Crippen LogP contribution in [0.5, 0.6) is 0 Å². The molecule has 2 aromatic carbocycles. The van der Waals surface area contributed by atoms with Crippen LogP contribution in [0.15, 0.2) is 47.0 Å². The molecule has 0 aliphatic heterocycles. The Kier molecular flexibility index (Phi) is 5.54. The molecule has 26 heavy (non-hydrogen) atoms. The number of rotatable bonds is 5. The Labute approximate surface area is 159 Å². The number of hydrogen-bond acceptors (Lipinski definition) is 4. The molecule has 0 spiro atoms. The van der Waals surface area contributed by atoms with Gasteiger partial charge in [0.15, 0.2) is 0 Å². The van der Waals surface area contributed by atoms with Crippen molar-refractivity contribution in [3.05, 3.63) is 69.8 Å². The topological polar surface area (TPSA) is 68.0 Å². The number of hydrogen-bond donors (Lipinski definition) is 1. The molecule has 0 saturated heterocycles. The smallest absolute Gasteiger partial charge is 0.249 e. The van der Waals surface area contributed by atoms with Crippen LogP contribution in [0, 0.1) is 5.82 Å². The van der Waals surface area contributed by atoms with Gasteiger partial charge in [-0.3, -0.25) is 4.79 Å². The number of nitrogens with zero attached hydrogens (tertiary/aromatic N) is 2. The molecule has 0 bridgehead atoms. The Hall–Kier alpha value is -2.44. The summed E-state index contributed by atoms with van der Waals surface area (Å²) in [5, 5.41) is 7.56. The maximum atomic E-state index is 13.0. The van der Waals surface area contributed by atoms with Gasteiger partial charge in [0.2, 0.25) is 17.6 Å². The maximum Gasteiger partial charge on any atom is 0.249 e. The second-order valence-corrected chi connectivity index (χ2v) is 6.51. The van der Waals surface area contributed by atoms with E-state index in [4.69, 9.17) is 27.7 Å². The normalized spacial score (nSPS) is 12.0. The summed E-state index contributed by atoms with van der Waals surface area (Å²) in [5.74, 6) is -0.0241. The van der Waals surface area contributed by atoms with Crippen LogP contribution in [0.2, 0.25) is 10.0 Å². The summed E-state index contributed by atoms with van der Waals surface area (Å²) >= 11 is 11.9. The minimum absolute atomic E-state index is 0.0965. The zero-order chi connectivity index (χ0) is 18.7. The van der Waals surface area contributed by atoms with Gasteiger partial charge >= 0.3 is 0 Å². The zero-order valence-corrected chi connectivity index (χ0v) is 15.2. The summed E-state index contributed by atoms with van der Waals surface area (Å²) in [6.45, 7) is 1.73. The summed E-state index contributed by atoms with van der Waals surface area (Å²) in [4.78, 5) is 16.5. The predicted molar refractivity (Wildman–Crippen MR) is 96.4 cm³/mol.